The zero-order valence-corrected chi connectivity index (χ0v) is 15.4. The summed E-state index contributed by atoms with van der Waals surface area (Å²) in [6.07, 6.45) is 1.57. The quantitative estimate of drug-likeness (QED) is 0.522. The number of benzene rings is 3. The van der Waals surface area contributed by atoms with Gasteiger partial charge in [0.15, 0.2) is 0 Å². The largest absolute Gasteiger partial charge is 0.489 e. The Morgan fingerprint density at radius 3 is 2.54 bits per heavy atom. The first-order chi connectivity index (χ1) is 13.7. The standard InChI is InChI=1S/C23H19N3O2/c1-17-6-2-5-9-22(17)23(27)26-25-15-18-10-12-21(13-11-18)28-16-20-8-4-3-7-19(20)14-24/h2-13,15H,16H2,1H3,(H,26,27)/b25-15-. The zero-order chi connectivity index (χ0) is 19.8. The van der Waals surface area contributed by atoms with E-state index in [4.69, 9.17) is 10.00 Å². The van der Waals surface area contributed by atoms with Gasteiger partial charge in [-0.05, 0) is 54.4 Å². The number of hydrogen-bond acceptors (Lipinski definition) is 4. The molecule has 3 aromatic rings. The number of hydrogen-bond donors (Lipinski definition) is 1. The minimum Gasteiger partial charge on any atom is -0.489 e. The third-order valence-corrected chi connectivity index (χ3v) is 4.18. The van der Waals surface area contributed by atoms with Crippen LogP contribution in [0.3, 0.4) is 0 Å². The van der Waals surface area contributed by atoms with E-state index in [1.807, 2.05) is 67.6 Å². The Kier molecular flexibility index (Phi) is 6.17. The maximum Gasteiger partial charge on any atom is 0.271 e. The van der Waals surface area contributed by atoms with Crippen molar-refractivity contribution < 1.29 is 9.53 Å². The zero-order valence-electron chi connectivity index (χ0n) is 15.4. The molecule has 0 atom stereocenters. The number of aryl methyl sites for hydroxylation is 1. The molecule has 0 aliphatic rings. The topological polar surface area (TPSA) is 74.5 Å². The summed E-state index contributed by atoms with van der Waals surface area (Å²) in [5.41, 5.74) is 6.30. The highest BCUT2D eigenvalue weighted by Crippen LogP contribution is 2.15. The first-order valence-electron chi connectivity index (χ1n) is 8.77. The van der Waals surface area contributed by atoms with E-state index in [1.54, 1.807) is 18.3 Å². The molecule has 0 spiro atoms. The Morgan fingerprint density at radius 2 is 1.79 bits per heavy atom. The van der Waals surface area contributed by atoms with E-state index < -0.39 is 0 Å². The van der Waals surface area contributed by atoms with Crippen molar-refractivity contribution in [2.75, 3.05) is 0 Å². The highest BCUT2D eigenvalue weighted by atomic mass is 16.5. The molecule has 0 saturated heterocycles. The number of nitriles is 1. The smallest absolute Gasteiger partial charge is 0.271 e. The molecule has 138 valence electrons. The summed E-state index contributed by atoms with van der Waals surface area (Å²) in [4.78, 5) is 12.1. The van der Waals surface area contributed by atoms with Gasteiger partial charge < -0.3 is 4.74 Å². The second-order valence-electron chi connectivity index (χ2n) is 6.14. The summed E-state index contributed by atoms with van der Waals surface area (Å²) in [5.74, 6) is 0.444. The van der Waals surface area contributed by atoms with Crippen LogP contribution < -0.4 is 10.2 Å². The van der Waals surface area contributed by atoms with Gasteiger partial charge in [-0.1, -0.05) is 36.4 Å². The van der Waals surface area contributed by atoms with Gasteiger partial charge in [0.25, 0.3) is 5.91 Å². The molecule has 1 N–H and O–H groups in total. The third-order valence-electron chi connectivity index (χ3n) is 4.18. The molecule has 3 aromatic carbocycles. The van der Waals surface area contributed by atoms with E-state index in [1.165, 1.54) is 0 Å². The molecule has 0 bridgehead atoms. The molecule has 0 aliphatic heterocycles. The maximum atomic E-state index is 12.1. The summed E-state index contributed by atoms with van der Waals surface area (Å²) in [6, 6.07) is 24.2. The van der Waals surface area contributed by atoms with E-state index in [2.05, 4.69) is 16.6 Å². The minimum absolute atomic E-state index is 0.245. The summed E-state index contributed by atoms with van der Waals surface area (Å²) in [6.45, 7) is 2.20. The molecule has 0 fully saturated rings. The first-order valence-corrected chi connectivity index (χ1v) is 8.77. The molecule has 28 heavy (non-hydrogen) atoms. The van der Waals surface area contributed by atoms with Crippen molar-refractivity contribution in [1.82, 2.24) is 5.43 Å². The molecule has 0 aromatic heterocycles. The molecular weight excluding hydrogens is 350 g/mol. The molecule has 0 aliphatic carbocycles. The van der Waals surface area contributed by atoms with Crippen LogP contribution >= 0.6 is 0 Å². The normalized spacial score (nSPS) is 10.4. The van der Waals surface area contributed by atoms with Crippen LogP contribution in [0.2, 0.25) is 0 Å². The number of nitrogens with one attached hydrogen (secondary N) is 1. The third kappa shape index (κ3) is 4.83. The van der Waals surface area contributed by atoms with E-state index >= 15 is 0 Å². The van der Waals surface area contributed by atoms with E-state index in [0.717, 1.165) is 16.7 Å². The minimum atomic E-state index is -0.245. The number of hydrazone groups is 1. The lowest BCUT2D eigenvalue weighted by atomic mass is 10.1. The predicted octanol–water partition coefficient (Wildman–Crippen LogP) is 4.21. The van der Waals surface area contributed by atoms with E-state index in [9.17, 15) is 4.79 Å². The Bertz CT molecular complexity index is 1030. The van der Waals surface area contributed by atoms with Crippen LogP contribution in [0.1, 0.15) is 32.6 Å². The van der Waals surface area contributed by atoms with E-state index in [0.29, 0.717) is 23.5 Å². The lowest BCUT2D eigenvalue weighted by Crippen LogP contribution is -2.18. The lowest BCUT2D eigenvalue weighted by molar-refractivity contribution is 0.0954. The van der Waals surface area contributed by atoms with Gasteiger partial charge in [-0.15, -0.1) is 0 Å². The molecule has 0 saturated carbocycles. The fourth-order valence-electron chi connectivity index (χ4n) is 2.62. The van der Waals surface area contributed by atoms with Gasteiger partial charge in [0.2, 0.25) is 0 Å². The Balaban J connectivity index is 1.56. The van der Waals surface area contributed by atoms with Crippen molar-refractivity contribution in [3.8, 4) is 11.8 Å². The van der Waals surface area contributed by atoms with Gasteiger partial charge in [-0.25, -0.2) is 5.43 Å². The second kappa shape index (κ2) is 9.15. The van der Waals surface area contributed by atoms with E-state index in [-0.39, 0.29) is 5.91 Å². The number of rotatable bonds is 6. The molecule has 1 amide bonds. The lowest BCUT2D eigenvalue weighted by Gasteiger charge is -2.07. The highest BCUT2D eigenvalue weighted by molar-refractivity contribution is 5.96. The molecule has 5 heteroatoms. The molecule has 0 heterocycles. The van der Waals surface area contributed by atoms with Gasteiger partial charge in [-0.3, -0.25) is 4.79 Å². The summed E-state index contributed by atoms with van der Waals surface area (Å²) < 4.78 is 5.74. The highest BCUT2D eigenvalue weighted by Gasteiger charge is 2.06. The van der Waals surface area contributed by atoms with Crippen LogP contribution in [0.15, 0.2) is 77.9 Å². The second-order valence-corrected chi connectivity index (χ2v) is 6.14. The molecule has 0 radical (unpaired) electrons. The number of nitrogens with zero attached hydrogens (tertiary/aromatic N) is 2. The van der Waals surface area contributed by atoms with Crippen molar-refractivity contribution in [1.29, 1.82) is 5.26 Å². The van der Waals surface area contributed by atoms with Crippen LogP contribution in [-0.4, -0.2) is 12.1 Å². The van der Waals surface area contributed by atoms with Crippen LogP contribution in [0, 0.1) is 18.3 Å². The fraction of sp³-hybridized carbons (Fsp3) is 0.0870. The number of carbonyl (C=O) groups excluding carboxylic acids is 1. The summed E-state index contributed by atoms with van der Waals surface area (Å²) in [7, 11) is 0. The van der Waals surface area contributed by atoms with Gasteiger partial charge in [-0.2, -0.15) is 10.4 Å². The monoisotopic (exact) mass is 369 g/mol. The molecule has 3 rings (SSSR count). The summed E-state index contributed by atoms with van der Waals surface area (Å²) >= 11 is 0. The van der Waals surface area contributed by atoms with Crippen LogP contribution in [-0.2, 0) is 6.61 Å². The van der Waals surface area contributed by atoms with Crippen molar-refractivity contribution in [2.24, 2.45) is 5.10 Å². The predicted molar refractivity (Wildman–Crippen MR) is 108 cm³/mol. The van der Waals surface area contributed by atoms with Crippen molar-refractivity contribution in [3.63, 3.8) is 0 Å². The number of ether oxygens (including phenoxy) is 1. The van der Waals surface area contributed by atoms with Crippen LogP contribution in [0.25, 0.3) is 0 Å². The van der Waals surface area contributed by atoms with Crippen molar-refractivity contribution >= 4 is 12.1 Å². The van der Waals surface area contributed by atoms with Crippen molar-refractivity contribution in [3.05, 3.63) is 101 Å². The maximum absolute atomic E-state index is 12.1. The number of carbonyl (C=O) groups is 1. The fourth-order valence-corrected chi connectivity index (χ4v) is 2.62. The SMILES string of the molecule is Cc1ccccc1C(=O)N/N=C\c1ccc(OCc2ccccc2C#N)cc1. The van der Waals surface area contributed by atoms with Crippen molar-refractivity contribution in [2.45, 2.75) is 13.5 Å². The van der Waals surface area contributed by atoms with Crippen LogP contribution in [0.4, 0.5) is 0 Å². The average molecular weight is 369 g/mol. The Morgan fingerprint density at radius 1 is 1.07 bits per heavy atom. The van der Waals surface area contributed by atoms with Gasteiger partial charge in [0.05, 0.1) is 17.8 Å². The average Bonchev–Trinajstić information content (AvgIpc) is 2.73. The van der Waals surface area contributed by atoms with Gasteiger partial charge in [0.1, 0.15) is 12.4 Å². The Hall–Kier alpha value is -3.91. The van der Waals surface area contributed by atoms with Gasteiger partial charge >= 0.3 is 0 Å². The van der Waals surface area contributed by atoms with Gasteiger partial charge in [0, 0.05) is 11.1 Å². The summed E-state index contributed by atoms with van der Waals surface area (Å²) in [5, 5.41) is 13.1. The van der Waals surface area contributed by atoms with Crippen LogP contribution in [0.5, 0.6) is 5.75 Å². The molecular formula is C23H19N3O2. The molecule has 5 nitrogen and oxygen atoms in total. The first kappa shape index (κ1) is 18.9. The Labute approximate surface area is 163 Å². The molecule has 0 unspecified atom stereocenters. The number of amides is 1.